The fourth-order valence-corrected chi connectivity index (χ4v) is 1.65. The number of nitrogens with zero attached hydrogens (tertiary/aromatic N) is 2. The summed E-state index contributed by atoms with van der Waals surface area (Å²) in [6, 6.07) is 3.81. The lowest BCUT2D eigenvalue weighted by molar-refractivity contribution is 0.0945. The van der Waals surface area contributed by atoms with Crippen LogP contribution in [0.1, 0.15) is 30.3 Å². The largest absolute Gasteiger partial charge is 0.364 e. The van der Waals surface area contributed by atoms with Crippen molar-refractivity contribution in [1.82, 2.24) is 9.88 Å². The molecule has 0 saturated carbocycles. The quantitative estimate of drug-likeness (QED) is 0.770. The molecule has 0 spiro atoms. The fourth-order valence-electron chi connectivity index (χ4n) is 1.65. The van der Waals surface area contributed by atoms with Crippen molar-refractivity contribution in [3.8, 4) is 0 Å². The molecule has 4 nitrogen and oxygen atoms in total. The van der Waals surface area contributed by atoms with Gasteiger partial charge in [0.15, 0.2) is 0 Å². The molecule has 90 valence electrons. The average Bonchev–Trinajstić information content (AvgIpc) is 2.60. The van der Waals surface area contributed by atoms with Crippen LogP contribution < -0.4 is 10.2 Å². The number of unbranched alkanes of at least 4 members (excludes halogenated alkanes) is 1. The van der Waals surface area contributed by atoms with Crippen molar-refractivity contribution < 1.29 is 4.79 Å². The molecule has 1 heterocycles. The summed E-state index contributed by atoms with van der Waals surface area (Å²) in [5.74, 6) is 1.03. The van der Waals surface area contributed by atoms with Gasteiger partial charge in [-0.05, 0) is 18.6 Å². The maximum absolute atomic E-state index is 11.8. The molecule has 1 amide bonds. The van der Waals surface area contributed by atoms with Gasteiger partial charge in [-0.3, -0.25) is 4.79 Å². The third-order valence-electron chi connectivity index (χ3n) is 2.60. The molecular weight excluding hydrogens is 202 g/mol. The molecule has 1 rings (SSSR count). The molecule has 0 saturated heterocycles. The summed E-state index contributed by atoms with van der Waals surface area (Å²) in [6.07, 6.45) is 2.12. The van der Waals surface area contributed by atoms with Crippen molar-refractivity contribution in [3.63, 3.8) is 0 Å². The first-order valence-electron chi connectivity index (χ1n) is 5.69. The average molecular weight is 223 g/mol. The standard InChI is InChI=1S/C12H21N3O/c1-5-6-9-13-12(16)10-7-8-11(14(2)3)15(10)4/h7-8H,5-6,9H2,1-4H3,(H,13,16). The second-order valence-electron chi connectivity index (χ2n) is 4.14. The van der Waals surface area contributed by atoms with Crippen molar-refractivity contribution >= 4 is 11.7 Å². The first kappa shape index (κ1) is 12.6. The van der Waals surface area contributed by atoms with E-state index in [0.29, 0.717) is 5.69 Å². The predicted octanol–water partition coefficient (Wildman–Crippen LogP) is 1.62. The molecule has 0 aliphatic carbocycles. The van der Waals surface area contributed by atoms with Crippen LogP contribution in [0.5, 0.6) is 0 Å². The van der Waals surface area contributed by atoms with Gasteiger partial charge in [0.1, 0.15) is 11.5 Å². The van der Waals surface area contributed by atoms with Gasteiger partial charge in [-0.15, -0.1) is 0 Å². The number of aromatic nitrogens is 1. The number of anilines is 1. The van der Waals surface area contributed by atoms with Crippen LogP contribution in [-0.2, 0) is 7.05 Å². The molecular formula is C12H21N3O. The van der Waals surface area contributed by atoms with Crippen LogP contribution in [0, 0.1) is 0 Å². The van der Waals surface area contributed by atoms with E-state index in [1.165, 1.54) is 0 Å². The minimum atomic E-state index is 0.00375. The Bertz CT molecular complexity index is 355. The fraction of sp³-hybridized carbons (Fsp3) is 0.583. The Labute approximate surface area is 97.2 Å². The summed E-state index contributed by atoms with van der Waals surface area (Å²) in [7, 11) is 5.84. The molecule has 4 heteroatoms. The summed E-state index contributed by atoms with van der Waals surface area (Å²) < 4.78 is 1.90. The van der Waals surface area contributed by atoms with E-state index in [1.54, 1.807) is 0 Å². The molecule has 1 aromatic rings. The molecule has 0 atom stereocenters. The van der Waals surface area contributed by atoms with Gasteiger partial charge in [-0.25, -0.2) is 0 Å². The Balaban J connectivity index is 2.69. The maximum Gasteiger partial charge on any atom is 0.267 e. The van der Waals surface area contributed by atoms with Crippen molar-refractivity contribution in [2.75, 3.05) is 25.5 Å². The molecule has 0 fully saturated rings. The van der Waals surface area contributed by atoms with Crippen LogP contribution >= 0.6 is 0 Å². The number of hydrogen-bond acceptors (Lipinski definition) is 2. The van der Waals surface area contributed by atoms with Crippen LogP contribution in [0.15, 0.2) is 12.1 Å². The molecule has 0 unspecified atom stereocenters. The lowest BCUT2D eigenvalue weighted by Gasteiger charge is -2.14. The Hall–Kier alpha value is -1.45. The van der Waals surface area contributed by atoms with Crippen LogP contribution in [0.3, 0.4) is 0 Å². The van der Waals surface area contributed by atoms with Gasteiger partial charge < -0.3 is 14.8 Å². The van der Waals surface area contributed by atoms with Gasteiger partial charge in [-0.2, -0.15) is 0 Å². The van der Waals surface area contributed by atoms with Crippen molar-refractivity contribution in [3.05, 3.63) is 17.8 Å². The third-order valence-corrected chi connectivity index (χ3v) is 2.60. The van der Waals surface area contributed by atoms with Gasteiger partial charge in [0.25, 0.3) is 5.91 Å². The smallest absolute Gasteiger partial charge is 0.267 e. The number of rotatable bonds is 5. The second-order valence-corrected chi connectivity index (χ2v) is 4.14. The first-order valence-corrected chi connectivity index (χ1v) is 5.69. The third kappa shape index (κ3) is 2.78. The molecule has 0 aromatic carbocycles. The monoisotopic (exact) mass is 223 g/mol. The number of carbonyl (C=O) groups excluding carboxylic acids is 1. The highest BCUT2D eigenvalue weighted by molar-refractivity contribution is 5.93. The molecule has 1 aromatic heterocycles. The van der Waals surface area contributed by atoms with E-state index in [4.69, 9.17) is 0 Å². The minimum absolute atomic E-state index is 0.00375. The van der Waals surface area contributed by atoms with E-state index in [1.807, 2.05) is 42.7 Å². The van der Waals surface area contributed by atoms with Gasteiger partial charge in [0, 0.05) is 27.7 Å². The Morgan fingerprint density at radius 3 is 2.62 bits per heavy atom. The Morgan fingerprint density at radius 2 is 2.12 bits per heavy atom. The molecule has 0 aliphatic heterocycles. The summed E-state index contributed by atoms with van der Waals surface area (Å²) in [6.45, 7) is 2.86. The summed E-state index contributed by atoms with van der Waals surface area (Å²) in [5, 5.41) is 2.91. The number of carbonyl (C=O) groups is 1. The van der Waals surface area contributed by atoms with Crippen molar-refractivity contribution in [2.24, 2.45) is 7.05 Å². The van der Waals surface area contributed by atoms with Crippen LogP contribution in [-0.4, -0.2) is 31.1 Å². The van der Waals surface area contributed by atoms with Gasteiger partial charge >= 0.3 is 0 Å². The van der Waals surface area contributed by atoms with Crippen LogP contribution in [0.25, 0.3) is 0 Å². The van der Waals surface area contributed by atoms with E-state index in [9.17, 15) is 4.79 Å². The Kier molecular flexibility index (Phi) is 4.40. The molecule has 0 radical (unpaired) electrons. The van der Waals surface area contributed by atoms with Crippen LogP contribution in [0.2, 0.25) is 0 Å². The lowest BCUT2D eigenvalue weighted by Crippen LogP contribution is -2.26. The van der Waals surface area contributed by atoms with Gasteiger partial charge in [-0.1, -0.05) is 13.3 Å². The SMILES string of the molecule is CCCCNC(=O)c1ccc(N(C)C)n1C. The zero-order valence-electron chi connectivity index (χ0n) is 10.6. The number of amides is 1. The van der Waals surface area contributed by atoms with E-state index in [2.05, 4.69) is 12.2 Å². The highest BCUT2D eigenvalue weighted by atomic mass is 16.1. The normalized spacial score (nSPS) is 10.2. The number of hydrogen-bond donors (Lipinski definition) is 1. The highest BCUT2D eigenvalue weighted by Crippen LogP contribution is 2.14. The van der Waals surface area contributed by atoms with E-state index < -0.39 is 0 Å². The second kappa shape index (κ2) is 5.58. The van der Waals surface area contributed by atoms with Gasteiger partial charge in [0.2, 0.25) is 0 Å². The van der Waals surface area contributed by atoms with Crippen LogP contribution in [0.4, 0.5) is 5.82 Å². The lowest BCUT2D eigenvalue weighted by atomic mass is 10.3. The minimum Gasteiger partial charge on any atom is -0.364 e. The molecule has 16 heavy (non-hydrogen) atoms. The maximum atomic E-state index is 11.8. The van der Waals surface area contributed by atoms with E-state index >= 15 is 0 Å². The molecule has 0 aliphatic rings. The van der Waals surface area contributed by atoms with Crippen molar-refractivity contribution in [1.29, 1.82) is 0 Å². The predicted molar refractivity (Wildman–Crippen MR) is 67.0 cm³/mol. The summed E-state index contributed by atoms with van der Waals surface area (Å²) in [5.41, 5.74) is 0.708. The van der Waals surface area contributed by atoms with E-state index in [-0.39, 0.29) is 5.91 Å². The number of nitrogens with one attached hydrogen (secondary N) is 1. The highest BCUT2D eigenvalue weighted by Gasteiger charge is 2.12. The van der Waals surface area contributed by atoms with E-state index in [0.717, 1.165) is 25.2 Å². The molecule has 0 bridgehead atoms. The zero-order valence-corrected chi connectivity index (χ0v) is 10.6. The first-order chi connectivity index (χ1) is 7.57. The summed E-state index contributed by atoms with van der Waals surface area (Å²) in [4.78, 5) is 13.8. The van der Waals surface area contributed by atoms with Gasteiger partial charge in [0.05, 0.1) is 0 Å². The van der Waals surface area contributed by atoms with Crippen molar-refractivity contribution in [2.45, 2.75) is 19.8 Å². The topological polar surface area (TPSA) is 37.3 Å². The Morgan fingerprint density at radius 1 is 1.44 bits per heavy atom. The zero-order chi connectivity index (χ0) is 12.1. The molecule has 1 N–H and O–H groups in total. The summed E-state index contributed by atoms with van der Waals surface area (Å²) >= 11 is 0.